The van der Waals surface area contributed by atoms with E-state index >= 15 is 0 Å². The number of likely N-dealkylation sites (tertiary alicyclic amines) is 1. The van der Waals surface area contributed by atoms with Gasteiger partial charge >= 0.3 is 24.5 Å². The molecule has 3 amide bonds. The minimum atomic E-state index is -5.01. The Morgan fingerprint density at radius 1 is 0.891 bits per heavy atom. The number of benzene rings is 2. The normalized spacial score (nSPS) is 20.1. The van der Waals surface area contributed by atoms with Gasteiger partial charge in [0, 0.05) is 52.4 Å². The van der Waals surface area contributed by atoms with Crippen LogP contribution in [0.2, 0.25) is 0 Å². The average Bonchev–Trinajstić information content (AvgIpc) is 2.94. The average molecular weight is 661 g/mol. The molecule has 2 aromatic carbocycles. The van der Waals surface area contributed by atoms with E-state index in [-0.39, 0.29) is 24.2 Å². The molecule has 2 aliphatic heterocycles. The number of ether oxygens (including phenoxy) is 1. The summed E-state index contributed by atoms with van der Waals surface area (Å²) in [6.45, 7) is 8.91. The molecule has 2 heterocycles. The van der Waals surface area contributed by atoms with Crippen molar-refractivity contribution in [1.29, 1.82) is 0 Å². The molecule has 0 saturated carbocycles. The van der Waals surface area contributed by atoms with Crippen LogP contribution >= 0.6 is 0 Å². The monoisotopic (exact) mass is 660 g/mol. The van der Waals surface area contributed by atoms with Crippen LogP contribution in [0.4, 0.5) is 40.3 Å². The molecule has 4 rings (SSSR count). The number of urea groups is 1. The topological polar surface area (TPSA) is 56.3 Å². The lowest BCUT2D eigenvalue weighted by molar-refractivity contribution is -0.143. The number of alkyl halides is 6. The molecule has 2 fully saturated rings. The number of aryl methyl sites for hydroxylation is 1. The predicted octanol–water partition coefficient (Wildman–Crippen LogP) is 7.48. The van der Waals surface area contributed by atoms with Gasteiger partial charge < -0.3 is 19.4 Å². The maximum atomic E-state index is 14.0. The first-order valence-corrected chi connectivity index (χ1v) is 15.0. The smallest absolute Gasteiger partial charge is 0.416 e. The highest BCUT2D eigenvalue weighted by Crippen LogP contribution is 2.38. The van der Waals surface area contributed by atoms with Gasteiger partial charge in [-0.15, -0.1) is 0 Å². The molecule has 0 radical (unpaired) electrons. The number of hydrogen-bond donors (Lipinski definition) is 0. The Kier molecular flexibility index (Phi) is 10.2. The van der Waals surface area contributed by atoms with E-state index in [0.717, 1.165) is 4.90 Å². The molecule has 2 atom stereocenters. The van der Waals surface area contributed by atoms with E-state index in [4.69, 9.17) is 4.74 Å². The lowest BCUT2D eigenvalue weighted by Crippen LogP contribution is -2.56. The second-order valence-electron chi connectivity index (χ2n) is 12.9. The molecule has 0 aromatic heterocycles. The van der Waals surface area contributed by atoms with Gasteiger partial charge in [0.2, 0.25) is 0 Å². The van der Waals surface area contributed by atoms with E-state index in [1.54, 1.807) is 43.6 Å². The van der Waals surface area contributed by atoms with Gasteiger partial charge in [-0.1, -0.05) is 6.07 Å². The van der Waals surface area contributed by atoms with Crippen LogP contribution in [0.1, 0.15) is 67.5 Å². The summed E-state index contributed by atoms with van der Waals surface area (Å²) >= 11 is 0. The first kappa shape index (κ1) is 35.3. The first-order valence-electron chi connectivity index (χ1n) is 15.0. The molecule has 0 spiro atoms. The fourth-order valence-corrected chi connectivity index (χ4v) is 6.08. The van der Waals surface area contributed by atoms with Crippen molar-refractivity contribution in [3.05, 3.63) is 70.0 Å². The Morgan fingerprint density at radius 3 is 2.00 bits per heavy atom. The summed E-state index contributed by atoms with van der Waals surface area (Å²) < 4.78 is 100. The molecular weight excluding hydrogens is 621 g/mol. The second kappa shape index (κ2) is 13.3. The quantitative estimate of drug-likeness (QED) is 0.319. The number of nitrogens with zero attached hydrogens (tertiary/aromatic N) is 4. The Morgan fingerprint density at radius 2 is 1.48 bits per heavy atom. The minimum Gasteiger partial charge on any atom is -0.444 e. The molecule has 46 heavy (non-hydrogen) atoms. The van der Waals surface area contributed by atoms with Gasteiger partial charge in [-0.05, 0) is 87.6 Å². The molecule has 0 aliphatic carbocycles. The van der Waals surface area contributed by atoms with Crippen molar-refractivity contribution in [3.63, 3.8) is 0 Å². The Bertz CT molecular complexity index is 1380. The Labute approximate surface area is 263 Å². The van der Waals surface area contributed by atoms with Gasteiger partial charge in [0.15, 0.2) is 0 Å². The number of piperidine rings is 1. The van der Waals surface area contributed by atoms with E-state index in [1.807, 2.05) is 0 Å². The van der Waals surface area contributed by atoms with Crippen molar-refractivity contribution in [3.8, 4) is 0 Å². The molecule has 2 saturated heterocycles. The molecule has 7 nitrogen and oxygen atoms in total. The van der Waals surface area contributed by atoms with Crippen LogP contribution in [0.25, 0.3) is 0 Å². The van der Waals surface area contributed by atoms with Gasteiger partial charge in [0.25, 0.3) is 0 Å². The summed E-state index contributed by atoms with van der Waals surface area (Å²) in [5.74, 6) is -0.452. The van der Waals surface area contributed by atoms with Gasteiger partial charge in [-0.25, -0.2) is 14.0 Å². The highest BCUT2D eigenvalue weighted by molar-refractivity contribution is 5.75. The van der Waals surface area contributed by atoms with Crippen molar-refractivity contribution >= 4 is 12.1 Å². The van der Waals surface area contributed by atoms with Crippen LogP contribution in [0.5, 0.6) is 0 Å². The number of rotatable bonds is 4. The van der Waals surface area contributed by atoms with E-state index in [2.05, 4.69) is 4.90 Å². The SMILES string of the molecule is Cc1cc(F)ccc1[C@H]1CC(N2CCN(C(=O)OC(C)(C)C)CC2)CCN1C(=O)N(C)Cc1cc(C(F)(F)F)cc(C(F)(F)F)c1. The molecule has 254 valence electrons. The molecule has 2 aliphatic rings. The number of halogens is 7. The number of hydrogen-bond acceptors (Lipinski definition) is 4. The van der Waals surface area contributed by atoms with Crippen LogP contribution in [-0.4, -0.2) is 83.1 Å². The van der Waals surface area contributed by atoms with Crippen LogP contribution in [0.3, 0.4) is 0 Å². The zero-order chi connectivity index (χ0) is 34.2. The zero-order valence-corrected chi connectivity index (χ0v) is 26.4. The van der Waals surface area contributed by atoms with E-state index in [0.29, 0.717) is 62.3 Å². The number of carbonyl (C=O) groups is 2. The maximum absolute atomic E-state index is 14.0. The van der Waals surface area contributed by atoms with Crippen LogP contribution in [-0.2, 0) is 23.6 Å². The van der Waals surface area contributed by atoms with Crippen molar-refractivity contribution in [1.82, 2.24) is 19.6 Å². The van der Waals surface area contributed by atoms with Gasteiger partial charge in [0.1, 0.15) is 11.4 Å². The molecule has 14 heteroatoms. The third-order valence-corrected chi connectivity index (χ3v) is 8.29. The van der Waals surface area contributed by atoms with Gasteiger partial charge in [-0.3, -0.25) is 4.90 Å². The number of carbonyl (C=O) groups excluding carboxylic acids is 2. The van der Waals surface area contributed by atoms with Crippen molar-refractivity contribution in [2.75, 3.05) is 39.8 Å². The number of piperazine rings is 1. The summed E-state index contributed by atoms with van der Waals surface area (Å²) in [6, 6.07) is 4.41. The van der Waals surface area contributed by atoms with E-state index in [9.17, 15) is 40.3 Å². The summed E-state index contributed by atoms with van der Waals surface area (Å²) in [4.78, 5) is 32.9. The maximum Gasteiger partial charge on any atom is 0.416 e. The first-order chi connectivity index (χ1) is 21.2. The summed E-state index contributed by atoms with van der Waals surface area (Å²) in [5, 5.41) is 0. The molecule has 2 aromatic rings. The van der Waals surface area contributed by atoms with Crippen LogP contribution in [0.15, 0.2) is 36.4 Å². The minimum absolute atomic E-state index is 0.00223. The zero-order valence-electron chi connectivity index (χ0n) is 26.4. The molecular formula is C32H39F7N4O3. The lowest BCUT2D eigenvalue weighted by atomic mass is 9.88. The van der Waals surface area contributed by atoms with E-state index in [1.165, 1.54) is 19.2 Å². The fourth-order valence-electron chi connectivity index (χ4n) is 6.08. The van der Waals surface area contributed by atoms with Gasteiger partial charge in [-0.2, -0.15) is 26.3 Å². The molecule has 1 unspecified atom stereocenters. The highest BCUT2D eigenvalue weighted by Gasteiger charge is 2.40. The Balaban J connectivity index is 1.54. The standard InChI is InChI=1S/C32H39F7N4O3/c1-20-14-24(33)6-7-26(20)27-18-25(41-10-12-42(13-11-41)29(45)46-30(2,3)4)8-9-43(27)28(44)40(5)19-21-15-22(31(34,35)36)17-23(16-21)32(37,38)39/h6-7,14-17,25,27H,8-13,18-19H2,1-5H3/t25?,27-/m1/s1. The lowest BCUT2D eigenvalue weighted by Gasteiger charge is -2.47. The van der Waals surface area contributed by atoms with Crippen molar-refractivity contribution < 1.29 is 45.1 Å². The largest absolute Gasteiger partial charge is 0.444 e. The van der Waals surface area contributed by atoms with E-state index < -0.39 is 59.6 Å². The fraction of sp³-hybridized carbons (Fsp3) is 0.562. The van der Waals surface area contributed by atoms with Gasteiger partial charge in [0.05, 0.1) is 17.2 Å². The second-order valence-corrected chi connectivity index (χ2v) is 12.9. The molecule has 0 N–H and O–H groups in total. The summed E-state index contributed by atoms with van der Waals surface area (Å²) in [7, 11) is 1.33. The van der Waals surface area contributed by atoms with Crippen LogP contribution < -0.4 is 0 Å². The number of amides is 3. The summed E-state index contributed by atoms with van der Waals surface area (Å²) in [6.07, 6.45) is -9.41. The molecule has 0 bridgehead atoms. The third-order valence-electron chi connectivity index (χ3n) is 8.29. The highest BCUT2D eigenvalue weighted by atomic mass is 19.4. The Hall–Kier alpha value is -3.55. The van der Waals surface area contributed by atoms with Crippen molar-refractivity contribution in [2.24, 2.45) is 0 Å². The predicted molar refractivity (Wildman–Crippen MR) is 156 cm³/mol. The van der Waals surface area contributed by atoms with Crippen molar-refractivity contribution in [2.45, 2.75) is 77.1 Å². The third kappa shape index (κ3) is 8.62. The van der Waals surface area contributed by atoms with Crippen LogP contribution in [0, 0.1) is 12.7 Å². The summed E-state index contributed by atoms with van der Waals surface area (Å²) in [5.41, 5.74) is -2.54.